The van der Waals surface area contributed by atoms with Crippen molar-refractivity contribution in [3.63, 3.8) is 0 Å². The molecule has 2 aliphatic rings. The maximum Gasteiger partial charge on any atom is 0.126 e. The van der Waals surface area contributed by atoms with Crippen molar-refractivity contribution >= 4 is 0 Å². The average molecular weight is 265 g/mol. The van der Waals surface area contributed by atoms with Gasteiger partial charge in [0.1, 0.15) is 18.1 Å². The van der Waals surface area contributed by atoms with E-state index in [1.807, 2.05) is 17.1 Å². The van der Waals surface area contributed by atoms with Gasteiger partial charge in [-0.2, -0.15) is 0 Å². The Kier molecular flexibility index (Phi) is 5.19. The van der Waals surface area contributed by atoms with Gasteiger partial charge in [-0.15, -0.1) is 0 Å². The molecule has 0 amide bonds. The normalized spacial score (nSPS) is 27.5. The van der Waals surface area contributed by atoms with Crippen LogP contribution in [0.5, 0.6) is 0 Å². The van der Waals surface area contributed by atoms with Gasteiger partial charge in [-0.25, -0.2) is 0 Å². The van der Waals surface area contributed by atoms with Crippen molar-refractivity contribution in [2.45, 2.75) is 38.5 Å². The van der Waals surface area contributed by atoms with E-state index in [1.165, 1.54) is 5.57 Å². The molecule has 1 unspecified atom stereocenters. The van der Waals surface area contributed by atoms with Gasteiger partial charge in [0.15, 0.2) is 0 Å². The summed E-state index contributed by atoms with van der Waals surface area (Å²) in [4.78, 5) is 1.98. The van der Waals surface area contributed by atoms with Gasteiger partial charge >= 0.3 is 0 Å². The van der Waals surface area contributed by atoms with E-state index < -0.39 is 6.23 Å². The number of hydrogen-bond acceptors (Lipinski definition) is 4. The number of allylic oxidation sites excluding steroid dienone is 2. The lowest BCUT2D eigenvalue weighted by molar-refractivity contribution is 0.0270. The van der Waals surface area contributed by atoms with Crippen LogP contribution in [0, 0.1) is 0 Å². The third-order valence-corrected chi connectivity index (χ3v) is 3.60. The fourth-order valence-corrected chi connectivity index (χ4v) is 2.39. The molecule has 0 spiro atoms. The molecule has 19 heavy (non-hydrogen) atoms. The van der Waals surface area contributed by atoms with Crippen LogP contribution >= 0.6 is 0 Å². The zero-order valence-electron chi connectivity index (χ0n) is 11.5. The van der Waals surface area contributed by atoms with Crippen LogP contribution < -0.4 is 0 Å². The molecular formula is C15H23NO3. The van der Waals surface area contributed by atoms with Crippen LogP contribution in [0.15, 0.2) is 35.6 Å². The van der Waals surface area contributed by atoms with Crippen molar-refractivity contribution in [1.82, 2.24) is 4.90 Å². The maximum atomic E-state index is 9.86. The zero-order chi connectivity index (χ0) is 13.7. The first-order valence-corrected chi connectivity index (χ1v) is 7.00. The molecule has 0 bridgehead atoms. The number of aliphatic hydroxyl groups is 2. The fourth-order valence-electron chi connectivity index (χ4n) is 2.39. The molecule has 0 radical (unpaired) electrons. The Bertz CT molecular complexity index is 387. The fraction of sp³-hybridized carbons (Fsp3) is 0.600. The van der Waals surface area contributed by atoms with Crippen LogP contribution in [0.1, 0.15) is 26.2 Å². The quantitative estimate of drug-likeness (QED) is 0.570. The summed E-state index contributed by atoms with van der Waals surface area (Å²) in [6.45, 7) is 4.28. The summed E-state index contributed by atoms with van der Waals surface area (Å²) < 4.78 is 5.69. The van der Waals surface area contributed by atoms with Gasteiger partial charge < -0.3 is 14.9 Å². The van der Waals surface area contributed by atoms with E-state index >= 15 is 0 Å². The van der Waals surface area contributed by atoms with Crippen molar-refractivity contribution in [2.24, 2.45) is 0 Å². The van der Waals surface area contributed by atoms with Gasteiger partial charge in [-0.05, 0) is 37.0 Å². The maximum absolute atomic E-state index is 9.86. The van der Waals surface area contributed by atoms with Gasteiger partial charge in [0.25, 0.3) is 0 Å². The SMILES string of the molecule is CCC1=CC[C@H](OCCCN2CC=CC2O)C(O)=C1. The standard InChI is InChI=1S/C15H23NO3/c1-2-12-6-7-14(13(17)11-12)19-10-4-9-16-8-3-5-15(16)18/h3,5-6,11,14-15,17-18H,2,4,7-10H2,1H3/t14-,15?/m0/s1. The van der Waals surface area contributed by atoms with Gasteiger partial charge in [0.2, 0.25) is 0 Å². The molecule has 1 heterocycles. The first kappa shape index (κ1) is 14.3. The Balaban J connectivity index is 1.64. The topological polar surface area (TPSA) is 52.9 Å². The Morgan fingerprint density at radius 1 is 1.47 bits per heavy atom. The summed E-state index contributed by atoms with van der Waals surface area (Å²) in [6, 6.07) is 0. The number of aliphatic hydroxyl groups excluding tert-OH is 2. The van der Waals surface area contributed by atoms with Gasteiger partial charge in [-0.1, -0.05) is 19.1 Å². The number of nitrogens with zero attached hydrogens (tertiary/aromatic N) is 1. The molecule has 0 aromatic rings. The lowest BCUT2D eigenvalue weighted by Crippen LogP contribution is -2.31. The highest BCUT2D eigenvalue weighted by Crippen LogP contribution is 2.20. The van der Waals surface area contributed by atoms with Crippen molar-refractivity contribution in [3.05, 3.63) is 35.6 Å². The molecule has 0 fully saturated rings. The molecule has 1 aliphatic carbocycles. The Morgan fingerprint density at radius 3 is 2.95 bits per heavy atom. The Morgan fingerprint density at radius 2 is 2.32 bits per heavy atom. The van der Waals surface area contributed by atoms with Crippen LogP contribution in [0.3, 0.4) is 0 Å². The van der Waals surface area contributed by atoms with E-state index in [4.69, 9.17) is 4.74 Å². The molecule has 106 valence electrons. The number of ether oxygens (including phenoxy) is 1. The lowest BCUT2D eigenvalue weighted by Gasteiger charge is -2.22. The average Bonchev–Trinajstić information content (AvgIpc) is 2.81. The van der Waals surface area contributed by atoms with E-state index in [-0.39, 0.29) is 6.10 Å². The van der Waals surface area contributed by atoms with Crippen LogP contribution in [-0.2, 0) is 4.74 Å². The van der Waals surface area contributed by atoms with Crippen molar-refractivity contribution < 1.29 is 14.9 Å². The van der Waals surface area contributed by atoms with E-state index in [0.717, 1.165) is 32.4 Å². The minimum atomic E-state index is -0.446. The minimum absolute atomic E-state index is 0.197. The van der Waals surface area contributed by atoms with Crippen molar-refractivity contribution in [2.75, 3.05) is 19.7 Å². The molecule has 0 saturated heterocycles. The second kappa shape index (κ2) is 6.89. The second-order valence-corrected chi connectivity index (χ2v) is 4.99. The monoisotopic (exact) mass is 265 g/mol. The van der Waals surface area contributed by atoms with Gasteiger partial charge in [0, 0.05) is 19.7 Å². The highest BCUT2D eigenvalue weighted by molar-refractivity contribution is 5.27. The number of rotatable bonds is 6. The van der Waals surface area contributed by atoms with E-state index in [2.05, 4.69) is 13.0 Å². The minimum Gasteiger partial charge on any atom is -0.510 e. The predicted molar refractivity (Wildman–Crippen MR) is 74.8 cm³/mol. The van der Waals surface area contributed by atoms with Gasteiger partial charge in [0.05, 0.1) is 0 Å². The molecule has 0 aromatic carbocycles. The molecule has 0 saturated carbocycles. The summed E-state index contributed by atoms with van der Waals surface area (Å²) in [5.41, 5.74) is 1.17. The smallest absolute Gasteiger partial charge is 0.126 e. The van der Waals surface area contributed by atoms with Gasteiger partial charge in [-0.3, -0.25) is 4.90 Å². The summed E-state index contributed by atoms with van der Waals surface area (Å²) >= 11 is 0. The molecule has 2 atom stereocenters. The summed E-state index contributed by atoms with van der Waals surface area (Å²) in [5.74, 6) is 0.335. The third-order valence-electron chi connectivity index (χ3n) is 3.60. The van der Waals surface area contributed by atoms with E-state index in [9.17, 15) is 10.2 Å². The number of hydrogen-bond donors (Lipinski definition) is 2. The zero-order valence-corrected chi connectivity index (χ0v) is 11.5. The molecular weight excluding hydrogens is 242 g/mol. The lowest BCUT2D eigenvalue weighted by atomic mass is 10.0. The highest BCUT2D eigenvalue weighted by atomic mass is 16.5. The highest BCUT2D eigenvalue weighted by Gasteiger charge is 2.18. The predicted octanol–water partition coefficient (Wildman–Crippen LogP) is 2.13. The summed E-state index contributed by atoms with van der Waals surface area (Å²) in [7, 11) is 0. The van der Waals surface area contributed by atoms with E-state index in [0.29, 0.717) is 12.4 Å². The van der Waals surface area contributed by atoms with Crippen LogP contribution in [0.25, 0.3) is 0 Å². The molecule has 2 rings (SSSR count). The van der Waals surface area contributed by atoms with Crippen LogP contribution in [0.4, 0.5) is 0 Å². The Labute approximate surface area is 114 Å². The van der Waals surface area contributed by atoms with Crippen molar-refractivity contribution in [3.8, 4) is 0 Å². The molecule has 4 nitrogen and oxygen atoms in total. The first-order chi connectivity index (χ1) is 9.20. The first-order valence-electron chi connectivity index (χ1n) is 7.00. The molecule has 2 N–H and O–H groups in total. The largest absolute Gasteiger partial charge is 0.510 e. The summed E-state index contributed by atoms with van der Waals surface area (Å²) in [6.07, 6.45) is 9.60. The van der Waals surface area contributed by atoms with Crippen LogP contribution in [0.2, 0.25) is 0 Å². The molecule has 4 heteroatoms. The van der Waals surface area contributed by atoms with E-state index in [1.54, 1.807) is 6.08 Å². The molecule has 0 aromatic heterocycles. The summed E-state index contributed by atoms with van der Waals surface area (Å²) in [5, 5.41) is 19.4. The molecule has 1 aliphatic heterocycles. The second-order valence-electron chi connectivity index (χ2n) is 4.99. The van der Waals surface area contributed by atoms with Crippen LogP contribution in [-0.4, -0.2) is 47.1 Å². The Hall–Kier alpha value is -1.10. The third kappa shape index (κ3) is 3.93. The van der Waals surface area contributed by atoms with Crippen molar-refractivity contribution in [1.29, 1.82) is 0 Å².